The Morgan fingerprint density at radius 2 is 1.57 bits per heavy atom. The average Bonchev–Trinajstić information content (AvgIpc) is 2.43. The molecule has 0 radical (unpaired) electrons. The van der Waals surface area contributed by atoms with Crippen molar-refractivity contribution >= 4 is 5.69 Å². The highest BCUT2D eigenvalue weighted by Crippen LogP contribution is 2.33. The maximum absolute atomic E-state index is 4.24. The zero-order valence-electron chi connectivity index (χ0n) is 14.6. The number of benzene rings is 1. The van der Waals surface area contributed by atoms with Crippen LogP contribution in [0.1, 0.15) is 89.7 Å². The predicted octanol–water partition coefficient (Wildman–Crippen LogP) is 6.83. The van der Waals surface area contributed by atoms with E-state index in [1.165, 1.54) is 42.5 Å². The molecule has 0 amide bonds. The van der Waals surface area contributed by atoms with Gasteiger partial charge >= 0.3 is 0 Å². The fourth-order valence-electron chi connectivity index (χ4n) is 2.70. The van der Waals surface area contributed by atoms with Crippen molar-refractivity contribution in [1.29, 1.82) is 0 Å². The molecule has 0 aliphatic carbocycles. The molecule has 21 heavy (non-hydrogen) atoms. The van der Waals surface area contributed by atoms with Gasteiger partial charge in [0.1, 0.15) is 0 Å². The summed E-state index contributed by atoms with van der Waals surface area (Å²) < 4.78 is 0. The Morgan fingerprint density at radius 3 is 2.05 bits per heavy atom. The molecular weight excluding hydrogens is 254 g/mol. The highest BCUT2D eigenvalue weighted by atomic mass is 14.9. The molecule has 1 heteroatoms. The SMILES string of the molecule is C=C(CCCCCC)Nc1c(C(C)C)cccc1C(C)C. The highest BCUT2D eigenvalue weighted by Gasteiger charge is 2.13. The van der Waals surface area contributed by atoms with Crippen molar-refractivity contribution in [3.05, 3.63) is 41.6 Å². The topological polar surface area (TPSA) is 12.0 Å². The first-order valence-electron chi connectivity index (χ1n) is 8.54. The van der Waals surface area contributed by atoms with Crippen LogP contribution in [-0.4, -0.2) is 0 Å². The number of nitrogens with one attached hydrogen (secondary N) is 1. The van der Waals surface area contributed by atoms with Gasteiger partial charge in [0.05, 0.1) is 0 Å². The molecule has 1 rings (SSSR count). The van der Waals surface area contributed by atoms with Crippen LogP contribution in [0, 0.1) is 0 Å². The van der Waals surface area contributed by atoms with Gasteiger partial charge in [-0.1, -0.05) is 78.7 Å². The number of hydrogen-bond donors (Lipinski definition) is 1. The van der Waals surface area contributed by atoms with Crippen molar-refractivity contribution in [2.75, 3.05) is 5.32 Å². The Labute approximate surface area is 131 Å². The summed E-state index contributed by atoms with van der Waals surface area (Å²) >= 11 is 0. The van der Waals surface area contributed by atoms with E-state index in [2.05, 4.69) is 64.7 Å². The first kappa shape index (κ1) is 17.8. The van der Waals surface area contributed by atoms with E-state index in [1.54, 1.807) is 0 Å². The van der Waals surface area contributed by atoms with Crippen molar-refractivity contribution in [2.45, 2.75) is 78.6 Å². The summed E-state index contributed by atoms with van der Waals surface area (Å²) in [5.41, 5.74) is 5.25. The van der Waals surface area contributed by atoms with Crippen LogP contribution in [0.5, 0.6) is 0 Å². The Balaban J connectivity index is 2.82. The molecule has 0 atom stereocenters. The molecule has 0 aliphatic rings. The molecule has 0 heterocycles. The standard InChI is InChI=1S/C20H33N/c1-7-8-9-10-12-17(6)21-20-18(15(2)3)13-11-14-19(20)16(4)5/h11,13-16,21H,6-10,12H2,1-5H3. The molecule has 1 aromatic rings. The van der Waals surface area contributed by atoms with E-state index in [0.717, 1.165) is 12.1 Å². The van der Waals surface area contributed by atoms with Crippen LogP contribution in [0.15, 0.2) is 30.5 Å². The molecule has 1 nitrogen and oxygen atoms in total. The van der Waals surface area contributed by atoms with Gasteiger partial charge < -0.3 is 5.32 Å². The quantitative estimate of drug-likeness (QED) is 0.491. The molecular formula is C20H33N. The lowest BCUT2D eigenvalue weighted by Gasteiger charge is -2.22. The molecule has 118 valence electrons. The maximum atomic E-state index is 4.24. The third-order valence-electron chi connectivity index (χ3n) is 4.01. The van der Waals surface area contributed by atoms with Crippen LogP contribution in [0.2, 0.25) is 0 Å². The van der Waals surface area contributed by atoms with Crippen LogP contribution in [0.3, 0.4) is 0 Å². The van der Waals surface area contributed by atoms with Gasteiger partial charge in [0.15, 0.2) is 0 Å². The van der Waals surface area contributed by atoms with Gasteiger partial charge in [0.25, 0.3) is 0 Å². The Kier molecular flexibility index (Phi) is 7.56. The first-order chi connectivity index (χ1) is 9.97. The highest BCUT2D eigenvalue weighted by molar-refractivity contribution is 5.62. The number of rotatable bonds is 9. The Hall–Kier alpha value is -1.24. The predicted molar refractivity (Wildman–Crippen MR) is 96.1 cm³/mol. The summed E-state index contributed by atoms with van der Waals surface area (Å²) in [5, 5.41) is 3.62. The second-order valence-electron chi connectivity index (χ2n) is 6.66. The summed E-state index contributed by atoms with van der Waals surface area (Å²) in [6.07, 6.45) is 6.23. The number of para-hydroxylation sites is 1. The van der Waals surface area contributed by atoms with Crippen LogP contribution in [0.25, 0.3) is 0 Å². The number of hydrogen-bond acceptors (Lipinski definition) is 1. The zero-order chi connectivity index (χ0) is 15.8. The lowest BCUT2D eigenvalue weighted by Crippen LogP contribution is -2.07. The molecule has 0 unspecified atom stereocenters. The second-order valence-corrected chi connectivity index (χ2v) is 6.66. The monoisotopic (exact) mass is 287 g/mol. The van der Waals surface area contributed by atoms with Gasteiger partial charge in [-0.25, -0.2) is 0 Å². The smallest absolute Gasteiger partial charge is 0.0452 e. The van der Waals surface area contributed by atoms with Crippen LogP contribution in [-0.2, 0) is 0 Å². The molecule has 0 fully saturated rings. The molecule has 1 aromatic carbocycles. The van der Waals surface area contributed by atoms with Crippen molar-refractivity contribution in [2.24, 2.45) is 0 Å². The molecule has 1 N–H and O–H groups in total. The Morgan fingerprint density at radius 1 is 1.00 bits per heavy atom. The summed E-state index contributed by atoms with van der Waals surface area (Å²) in [6.45, 7) is 15.5. The number of unbranched alkanes of at least 4 members (excludes halogenated alkanes) is 3. The molecule has 0 bridgehead atoms. The largest absolute Gasteiger partial charge is 0.359 e. The van der Waals surface area contributed by atoms with E-state index in [9.17, 15) is 0 Å². The summed E-state index contributed by atoms with van der Waals surface area (Å²) in [4.78, 5) is 0. The van der Waals surface area contributed by atoms with Gasteiger partial charge in [-0.3, -0.25) is 0 Å². The molecule has 0 saturated heterocycles. The molecule has 0 saturated carbocycles. The normalized spacial score (nSPS) is 11.2. The minimum Gasteiger partial charge on any atom is -0.359 e. The maximum Gasteiger partial charge on any atom is 0.0452 e. The van der Waals surface area contributed by atoms with E-state index < -0.39 is 0 Å². The van der Waals surface area contributed by atoms with E-state index in [-0.39, 0.29) is 0 Å². The zero-order valence-corrected chi connectivity index (χ0v) is 14.6. The first-order valence-corrected chi connectivity index (χ1v) is 8.54. The lowest BCUT2D eigenvalue weighted by molar-refractivity contribution is 0.665. The van der Waals surface area contributed by atoms with Gasteiger partial charge in [-0.15, -0.1) is 0 Å². The average molecular weight is 287 g/mol. The van der Waals surface area contributed by atoms with Gasteiger partial charge in [0, 0.05) is 11.4 Å². The Bertz CT molecular complexity index is 417. The third-order valence-corrected chi connectivity index (χ3v) is 4.01. The fraction of sp³-hybridized carbons (Fsp3) is 0.600. The van der Waals surface area contributed by atoms with E-state index >= 15 is 0 Å². The number of anilines is 1. The molecule has 0 aromatic heterocycles. The molecule has 0 spiro atoms. The summed E-state index contributed by atoms with van der Waals surface area (Å²) in [5.74, 6) is 1.05. The number of allylic oxidation sites excluding steroid dienone is 1. The van der Waals surface area contributed by atoms with Crippen molar-refractivity contribution < 1.29 is 0 Å². The third kappa shape index (κ3) is 5.57. The van der Waals surface area contributed by atoms with E-state index in [4.69, 9.17) is 0 Å². The van der Waals surface area contributed by atoms with Crippen molar-refractivity contribution in [3.63, 3.8) is 0 Å². The molecule has 0 aliphatic heterocycles. The van der Waals surface area contributed by atoms with Crippen LogP contribution in [0.4, 0.5) is 5.69 Å². The minimum absolute atomic E-state index is 0.527. The van der Waals surface area contributed by atoms with Gasteiger partial charge in [0.2, 0.25) is 0 Å². The van der Waals surface area contributed by atoms with Crippen molar-refractivity contribution in [3.8, 4) is 0 Å². The minimum atomic E-state index is 0.527. The van der Waals surface area contributed by atoms with Gasteiger partial charge in [-0.2, -0.15) is 0 Å². The van der Waals surface area contributed by atoms with E-state index in [1.807, 2.05) is 0 Å². The van der Waals surface area contributed by atoms with Crippen LogP contribution >= 0.6 is 0 Å². The second kappa shape index (κ2) is 8.92. The summed E-state index contributed by atoms with van der Waals surface area (Å²) in [7, 11) is 0. The summed E-state index contributed by atoms with van der Waals surface area (Å²) in [6, 6.07) is 6.66. The van der Waals surface area contributed by atoms with E-state index in [0.29, 0.717) is 11.8 Å². The van der Waals surface area contributed by atoms with Gasteiger partial charge in [-0.05, 0) is 35.8 Å². The fourth-order valence-corrected chi connectivity index (χ4v) is 2.70. The van der Waals surface area contributed by atoms with Crippen molar-refractivity contribution in [1.82, 2.24) is 0 Å². The lowest BCUT2D eigenvalue weighted by atomic mass is 9.92. The van der Waals surface area contributed by atoms with Crippen LogP contribution < -0.4 is 5.32 Å².